The normalized spacial score (nSPS) is 18.4. The minimum Gasteiger partial charge on any atom is -0.325 e. The maximum atomic E-state index is 5.97. The van der Waals surface area contributed by atoms with Crippen molar-refractivity contribution in [3.05, 3.63) is 47.0 Å². The molecule has 19 heavy (non-hydrogen) atoms. The van der Waals surface area contributed by atoms with Crippen LogP contribution < -0.4 is 5.73 Å². The molecular weight excluding hydrogens is 256 g/mol. The first kappa shape index (κ1) is 14.6. The van der Waals surface area contributed by atoms with Crippen LogP contribution in [0.5, 0.6) is 0 Å². The van der Waals surface area contributed by atoms with Crippen LogP contribution in [0.25, 0.3) is 0 Å². The maximum absolute atomic E-state index is 5.97. The van der Waals surface area contributed by atoms with Crippen molar-refractivity contribution in [1.82, 2.24) is 4.90 Å². The third kappa shape index (κ3) is 3.59. The third-order valence-electron chi connectivity index (χ3n) is 3.89. The van der Waals surface area contributed by atoms with Gasteiger partial charge in [-0.3, -0.25) is 4.90 Å². The predicted octanol–water partition coefficient (Wildman–Crippen LogP) is 3.28. The standard InChI is InChI=1S/C16H23ClN2/c1-11(2)12(3)16(10-19-8-15(18)9-19)13-4-6-14(17)7-5-13/h4-7,11,15-16H,3,8-10,18H2,1-2H3/t16-/m0/s1. The fourth-order valence-corrected chi connectivity index (χ4v) is 2.68. The Morgan fingerprint density at radius 3 is 2.42 bits per heavy atom. The van der Waals surface area contributed by atoms with Gasteiger partial charge in [0.15, 0.2) is 0 Å². The lowest BCUT2D eigenvalue weighted by molar-refractivity contribution is 0.144. The molecule has 1 heterocycles. The molecule has 1 fully saturated rings. The molecule has 0 amide bonds. The largest absolute Gasteiger partial charge is 0.325 e. The zero-order valence-electron chi connectivity index (χ0n) is 11.8. The zero-order chi connectivity index (χ0) is 14.0. The molecule has 1 atom stereocenters. The van der Waals surface area contributed by atoms with Gasteiger partial charge in [0.05, 0.1) is 0 Å². The van der Waals surface area contributed by atoms with Crippen LogP contribution in [0.1, 0.15) is 25.3 Å². The molecule has 0 aromatic heterocycles. The highest BCUT2D eigenvalue weighted by molar-refractivity contribution is 6.30. The van der Waals surface area contributed by atoms with Crippen LogP contribution in [0.4, 0.5) is 0 Å². The lowest BCUT2D eigenvalue weighted by atomic mass is 9.84. The van der Waals surface area contributed by atoms with E-state index in [1.807, 2.05) is 12.1 Å². The van der Waals surface area contributed by atoms with Crippen molar-refractivity contribution in [2.24, 2.45) is 11.7 Å². The highest BCUT2D eigenvalue weighted by Gasteiger charge is 2.28. The molecular formula is C16H23ClN2. The second-order valence-corrected chi connectivity index (χ2v) is 6.25. The van der Waals surface area contributed by atoms with Gasteiger partial charge in [0, 0.05) is 36.6 Å². The van der Waals surface area contributed by atoms with Gasteiger partial charge in [0.2, 0.25) is 0 Å². The van der Waals surface area contributed by atoms with Gasteiger partial charge in [-0.1, -0.05) is 49.7 Å². The first-order chi connectivity index (χ1) is 8.97. The highest BCUT2D eigenvalue weighted by Crippen LogP contribution is 2.31. The summed E-state index contributed by atoms with van der Waals surface area (Å²) >= 11 is 5.97. The van der Waals surface area contributed by atoms with E-state index in [1.54, 1.807) is 0 Å². The minimum absolute atomic E-state index is 0.346. The molecule has 1 aromatic carbocycles. The lowest BCUT2D eigenvalue weighted by Gasteiger charge is -2.40. The number of nitrogens with zero attached hydrogens (tertiary/aromatic N) is 1. The fraction of sp³-hybridized carbons (Fsp3) is 0.500. The Bertz CT molecular complexity index is 433. The molecule has 0 saturated carbocycles. The van der Waals surface area contributed by atoms with E-state index in [0.717, 1.165) is 24.7 Å². The maximum Gasteiger partial charge on any atom is 0.0406 e. The molecule has 1 saturated heterocycles. The first-order valence-corrected chi connectivity index (χ1v) is 7.27. The van der Waals surface area contributed by atoms with Crippen molar-refractivity contribution in [1.29, 1.82) is 0 Å². The second-order valence-electron chi connectivity index (χ2n) is 5.81. The highest BCUT2D eigenvalue weighted by atomic mass is 35.5. The Balaban J connectivity index is 2.13. The second kappa shape index (κ2) is 6.08. The van der Waals surface area contributed by atoms with E-state index in [2.05, 4.69) is 37.5 Å². The number of nitrogens with two attached hydrogens (primary N) is 1. The van der Waals surface area contributed by atoms with Crippen LogP contribution in [-0.2, 0) is 0 Å². The lowest BCUT2D eigenvalue weighted by Crippen LogP contribution is -2.56. The van der Waals surface area contributed by atoms with Crippen molar-refractivity contribution in [3.8, 4) is 0 Å². The molecule has 104 valence electrons. The summed E-state index contributed by atoms with van der Waals surface area (Å²) in [5.41, 5.74) is 8.43. The average Bonchev–Trinajstić information content (AvgIpc) is 2.33. The van der Waals surface area contributed by atoms with E-state index in [4.69, 9.17) is 17.3 Å². The Morgan fingerprint density at radius 1 is 1.37 bits per heavy atom. The molecule has 0 bridgehead atoms. The minimum atomic E-state index is 0.346. The number of hydrogen-bond acceptors (Lipinski definition) is 2. The summed E-state index contributed by atoms with van der Waals surface area (Å²) in [6.07, 6.45) is 0. The summed E-state index contributed by atoms with van der Waals surface area (Å²) < 4.78 is 0. The molecule has 0 radical (unpaired) electrons. The molecule has 0 unspecified atom stereocenters. The van der Waals surface area contributed by atoms with Crippen molar-refractivity contribution < 1.29 is 0 Å². The van der Waals surface area contributed by atoms with E-state index in [-0.39, 0.29) is 0 Å². The van der Waals surface area contributed by atoms with Gasteiger partial charge >= 0.3 is 0 Å². The SMILES string of the molecule is C=C(C(C)C)[C@H](CN1CC(N)C1)c1ccc(Cl)cc1. The van der Waals surface area contributed by atoms with Gasteiger partial charge < -0.3 is 5.73 Å². The molecule has 0 spiro atoms. The molecule has 1 aromatic rings. The molecule has 1 aliphatic heterocycles. The summed E-state index contributed by atoms with van der Waals surface area (Å²) in [6, 6.07) is 8.48. The van der Waals surface area contributed by atoms with Crippen LogP contribution >= 0.6 is 11.6 Å². The van der Waals surface area contributed by atoms with Crippen molar-refractivity contribution in [2.75, 3.05) is 19.6 Å². The Kier molecular flexibility index (Phi) is 4.67. The summed E-state index contributed by atoms with van der Waals surface area (Å²) in [5, 5.41) is 0.781. The monoisotopic (exact) mass is 278 g/mol. The van der Waals surface area contributed by atoms with Crippen LogP contribution in [0.15, 0.2) is 36.4 Å². The Morgan fingerprint density at radius 2 is 1.95 bits per heavy atom. The van der Waals surface area contributed by atoms with Crippen molar-refractivity contribution >= 4 is 11.6 Å². The first-order valence-electron chi connectivity index (χ1n) is 6.89. The Hall–Kier alpha value is -0.830. The summed E-state index contributed by atoms with van der Waals surface area (Å²) in [4.78, 5) is 2.40. The topological polar surface area (TPSA) is 29.3 Å². The molecule has 2 nitrogen and oxygen atoms in total. The molecule has 2 rings (SSSR count). The fourth-order valence-electron chi connectivity index (χ4n) is 2.55. The van der Waals surface area contributed by atoms with E-state index >= 15 is 0 Å². The predicted molar refractivity (Wildman–Crippen MR) is 82.6 cm³/mol. The van der Waals surface area contributed by atoms with E-state index < -0.39 is 0 Å². The molecule has 1 aliphatic rings. The van der Waals surface area contributed by atoms with Crippen LogP contribution in [0, 0.1) is 5.92 Å². The quantitative estimate of drug-likeness (QED) is 0.838. The van der Waals surface area contributed by atoms with Gasteiger partial charge in [0.25, 0.3) is 0 Å². The molecule has 2 N–H and O–H groups in total. The van der Waals surface area contributed by atoms with E-state index in [9.17, 15) is 0 Å². The van der Waals surface area contributed by atoms with Crippen LogP contribution in [0.2, 0.25) is 5.02 Å². The third-order valence-corrected chi connectivity index (χ3v) is 4.14. The van der Waals surface area contributed by atoms with Gasteiger partial charge in [0.1, 0.15) is 0 Å². The summed E-state index contributed by atoms with van der Waals surface area (Å²) in [6.45, 7) is 11.7. The smallest absolute Gasteiger partial charge is 0.0406 e. The van der Waals surface area contributed by atoms with Crippen molar-refractivity contribution in [3.63, 3.8) is 0 Å². The van der Waals surface area contributed by atoms with Gasteiger partial charge in [-0.15, -0.1) is 0 Å². The summed E-state index contributed by atoms with van der Waals surface area (Å²) in [7, 11) is 0. The zero-order valence-corrected chi connectivity index (χ0v) is 12.5. The average molecular weight is 279 g/mol. The Labute approximate surface area is 121 Å². The van der Waals surface area contributed by atoms with Crippen LogP contribution in [-0.4, -0.2) is 30.6 Å². The number of rotatable bonds is 5. The van der Waals surface area contributed by atoms with Gasteiger partial charge in [-0.2, -0.15) is 0 Å². The molecule has 3 heteroatoms. The van der Waals surface area contributed by atoms with E-state index in [1.165, 1.54) is 11.1 Å². The number of likely N-dealkylation sites (tertiary alicyclic amines) is 1. The number of hydrogen-bond donors (Lipinski definition) is 1. The molecule has 0 aliphatic carbocycles. The van der Waals surface area contributed by atoms with Gasteiger partial charge in [-0.25, -0.2) is 0 Å². The van der Waals surface area contributed by atoms with Crippen LogP contribution in [0.3, 0.4) is 0 Å². The number of benzene rings is 1. The van der Waals surface area contributed by atoms with Crippen molar-refractivity contribution in [2.45, 2.75) is 25.8 Å². The number of halogens is 1. The van der Waals surface area contributed by atoms with E-state index in [0.29, 0.717) is 17.9 Å². The van der Waals surface area contributed by atoms with Gasteiger partial charge in [-0.05, 0) is 23.6 Å². The summed E-state index contributed by atoms with van der Waals surface area (Å²) in [5.74, 6) is 0.848.